The number of carbonyl (C=O) groups excluding carboxylic acids is 1. The molecular weight excluding hydrogens is 370 g/mol. The highest BCUT2D eigenvalue weighted by Gasteiger charge is 2.29. The zero-order chi connectivity index (χ0) is 20.6. The first-order valence-electron chi connectivity index (χ1n) is 9.12. The largest absolute Gasteiger partial charge is 0.444 e. The molecule has 4 N–H and O–H groups in total. The normalized spacial score (nSPS) is 14.2. The van der Waals surface area contributed by atoms with Crippen LogP contribution in [0.5, 0.6) is 0 Å². The van der Waals surface area contributed by atoms with Crippen molar-refractivity contribution in [1.29, 1.82) is 0 Å². The number of halogens is 2. The van der Waals surface area contributed by atoms with Gasteiger partial charge in [-0.3, -0.25) is 4.79 Å². The van der Waals surface area contributed by atoms with Crippen molar-refractivity contribution in [3.63, 3.8) is 0 Å². The van der Waals surface area contributed by atoms with E-state index in [1.54, 1.807) is 25.3 Å². The molecule has 152 valence electrons. The van der Waals surface area contributed by atoms with Crippen LogP contribution in [0.1, 0.15) is 39.7 Å². The number of aromatic nitrogens is 1. The first-order chi connectivity index (χ1) is 13.1. The van der Waals surface area contributed by atoms with E-state index in [4.69, 9.17) is 10.5 Å². The number of anilines is 2. The standard InChI is InChI=1S/C19H24F2N4O3/c1-19(2,3)28-18(27)24-8-7-23-16-13(20)15(22)12-11(26)6-9-25(10-4-5-10)17(12)14(16)21/h6,9-10,23H,4-5,7-8,22H2,1-3H3,(H,24,27). The van der Waals surface area contributed by atoms with Crippen molar-refractivity contribution in [3.8, 4) is 0 Å². The molecule has 0 radical (unpaired) electrons. The number of alkyl carbamates (subject to hydrolysis) is 1. The molecule has 1 heterocycles. The summed E-state index contributed by atoms with van der Waals surface area (Å²) >= 11 is 0. The maximum atomic E-state index is 15.1. The summed E-state index contributed by atoms with van der Waals surface area (Å²) in [7, 11) is 0. The van der Waals surface area contributed by atoms with E-state index in [0.29, 0.717) is 0 Å². The summed E-state index contributed by atoms with van der Waals surface area (Å²) in [6.45, 7) is 5.31. The third kappa shape index (κ3) is 4.02. The number of carbonyl (C=O) groups is 1. The maximum absolute atomic E-state index is 15.1. The number of nitrogens with two attached hydrogens (primary N) is 1. The molecular formula is C19H24F2N4O3. The fraction of sp³-hybridized carbons (Fsp3) is 0.474. The van der Waals surface area contributed by atoms with E-state index in [1.165, 1.54) is 12.3 Å². The van der Waals surface area contributed by atoms with E-state index in [2.05, 4.69) is 10.6 Å². The Bertz CT molecular complexity index is 978. The first kappa shape index (κ1) is 19.9. The molecule has 28 heavy (non-hydrogen) atoms. The molecule has 2 aromatic rings. The number of pyridine rings is 1. The molecule has 3 rings (SSSR count). The Labute approximate surface area is 160 Å². The monoisotopic (exact) mass is 394 g/mol. The van der Waals surface area contributed by atoms with Crippen molar-refractivity contribution in [2.75, 3.05) is 24.1 Å². The predicted molar refractivity (Wildman–Crippen MR) is 104 cm³/mol. The Kier molecular flexibility index (Phi) is 5.18. The quantitative estimate of drug-likeness (QED) is 0.535. The molecule has 1 aromatic carbocycles. The summed E-state index contributed by atoms with van der Waals surface area (Å²) in [5.41, 5.74) is 3.83. The molecule has 1 aromatic heterocycles. The molecule has 0 saturated heterocycles. The molecule has 7 nitrogen and oxygen atoms in total. The Morgan fingerprint density at radius 3 is 2.57 bits per heavy atom. The summed E-state index contributed by atoms with van der Waals surface area (Å²) < 4.78 is 36.5. The second-order valence-electron chi connectivity index (χ2n) is 7.81. The van der Waals surface area contributed by atoms with Crippen LogP contribution in [-0.4, -0.2) is 29.4 Å². The Hall–Kier alpha value is -2.84. The number of hydrogen-bond donors (Lipinski definition) is 3. The molecule has 1 saturated carbocycles. The molecule has 9 heteroatoms. The van der Waals surface area contributed by atoms with Crippen molar-refractivity contribution in [1.82, 2.24) is 9.88 Å². The highest BCUT2D eigenvalue weighted by Crippen LogP contribution is 2.40. The smallest absolute Gasteiger partial charge is 0.407 e. The summed E-state index contributed by atoms with van der Waals surface area (Å²) in [6.07, 6.45) is 2.60. The van der Waals surface area contributed by atoms with E-state index in [-0.39, 0.29) is 35.7 Å². The van der Waals surface area contributed by atoms with Gasteiger partial charge in [-0.1, -0.05) is 0 Å². The second-order valence-corrected chi connectivity index (χ2v) is 7.81. The van der Waals surface area contributed by atoms with Crippen LogP contribution in [0.2, 0.25) is 0 Å². The molecule has 1 fully saturated rings. The van der Waals surface area contributed by atoms with Gasteiger partial charge in [-0.15, -0.1) is 0 Å². The van der Waals surface area contributed by atoms with Crippen molar-refractivity contribution < 1.29 is 18.3 Å². The van der Waals surface area contributed by atoms with Crippen LogP contribution in [-0.2, 0) is 4.74 Å². The molecule has 0 spiro atoms. The van der Waals surface area contributed by atoms with Gasteiger partial charge in [-0.2, -0.15) is 0 Å². The van der Waals surface area contributed by atoms with Crippen LogP contribution in [0.25, 0.3) is 10.9 Å². The van der Waals surface area contributed by atoms with Gasteiger partial charge in [-0.25, -0.2) is 13.6 Å². The number of nitrogen functional groups attached to an aromatic ring is 1. The summed E-state index contributed by atoms with van der Waals surface area (Å²) in [4.78, 5) is 23.8. The Balaban J connectivity index is 1.83. The van der Waals surface area contributed by atoms with Crippen molar-refractivity contribution in [3.05, 3.63) is 34.1 Å². The van der Waals surface area contributed by atoms with Crippen molar-refractivity contribution >= 4 is 28.4 Å². The topological polar surface area (TPSA) is 98.4 Å². The van der Waals surface area contributed by atoms with Crippen LogP contribution in [0.15, 0.2) is 17.1 Å². The van der Waals surface area contributed by atoms with Gasteiger partial charge >= 0.3 is 6.09 Å². The number of amides is 1. The molecule has 1 aliphatic rings. The number of rotatable bonds is 5. The van der Waals surface area contributed by atoms with Crippen molar-refractivity contribution in [2.24, 2.45) is 0 Å². The maximum Gasteiger partial charge on any atom is 0.407 e. The number of nitrogens with zero attached hydrogens (tertiary/aromatic N) is 1. The highest BCUT2D eigenvalue weighted by atomic mass is 19.1. The SMILES string of the molecule is CC(C)(C)OC(=O)NCCNc1c(F)c(N)c2c(=O)ccn(C3CC3)c2c1F. The summed E-state index contributed by atoms with van der Waals surface area (Å²) in [5.74, 6) is -1.89. The number of nitrogens with one attached hydrogen (secondary N) is 2. The third-order valence-electron chi connectivity index (χ3n) is 4.32. The van der Waals surface area contributed by atoms with Crippen LogP contribution in [0.3, 0.4) is 0 Å². The minimum Gasteiger partial charge on any atom is -0.444 e. The van der Waals surface area contributed by atoms with Crippen molar-refractivity contribution in [2.45, 2.75) is 45.3 Å². The van der Waals surface area contributed by atoms with Gasteiger partial charge < -0.3 is 25.7 Å². The lowest BCUT2D eigenvalue weighted by molar-refractivity contribution is 0.0530. The van der Waals surface area contributed by atoms with Gasteiger partial charge in [0.15, 0.2) is 17.1 Å². The predicted octanol–water partition coefficient (Wildman–Crippen LogP) is 3.13. The zero-order valence-electron chi connectivity index (χ0n) is 16.1. The Morgan fingerprint density at radius 1 is 1.29 bits per heavy atom. The third-order valence-corrected chi connectivity index (χ3v) is 4.32. The van der Waals surface area contributed by atoms with Gasteiger partial charge in [0.2, 0.25) is 0 Å². The van der Waals surface area contributed by atoms with Crippen LogP contribution in [0.4, 0.5) is 25.0 Å². The minimum atomic E-state index is -1.02. The average Bonchev–Trinajstić information content (AvgIpc) is 3.42. The van der Waals surface area contributed by atoms with Crippen LogP contribution < -0.4 is 21.8 Å². The van der Waals surface area contributed by atoms with Gasteiger partial charge in [0.25, 0.3) is 0 Å². The fourth-order valence-corrected chi connectivity index (χ4v) is 2.97. The minimum absolute atomic E-state index is 0.00324. The van der Waals surface area contributed by atoms with Gasteiger partial charge in [-0.05, 0) is 33.6 Å². The highest BCUT2D eigenvalue weighted by molar-refractivity contribution is 5.95. The van der Waals surface area contributed by atoms with E-state index >= 15 is 4.39 Å². The number of benzene rings is 1. The summed E-state index contributed by atoms with van der Waals surface area (Å²) in [6, 6.07) is 1.34. The molecule has 0 aliphatic heterocycles. The van der Waals surface area contributed by atoms with E-state index in [9.17, 15) is 14.0 Å². The first-order valence-corrected chi connectivity index (χ1v) is 9.12. The van der Waals surface area contributed by atoms with E-state index in [1.807, 2.05) is 0 Å². The van der Waals surface area contributed by atoms with Crippen LogP contribution >= 0.6 is 0 Å². The van der Waals surface area contributed by atoms with E-state index in [0.717, 1.165) is 12.8 Å². The number of hydrogen-bond acceptors (Lipinski definition) is 5. The lowest BCUT2D eigenvalue weighted by Crippen LogP contribution is -2.35. The summed E-state index contributed by atoms with van der Waals surface area (Å²) in [5, 5.41) is 4.97. The van der Waals surface area contributed by atoms with Gasteiger partial charge in [0.05, 0.1) is 16.6 Å². The molecule has 0 atom stereocenters. The zero-order valence-corrected chi connectivity index (χ0v) is 16.1. The molecule has 0 unspecified atom stereocenters. The average molecular weight is 394 g/mol. The van der Waals surface area contributed by atoms with Crippen LogP contribution in [0, 0.1) is 11.6 Å². The lowest BCUT2D eigenvalue weighted by Gasteiger charge is -2.20. The molecule has 0 bridgehead atoms. The lowest BCUT2D eigenvalue weighted by atomic mass is 10.1. The number of ether oxygens (including phenoxy) is 1. The van der Waals surface area contributed by atoms with Gasteiger partial charge in [0, 0.05) is 31.4 Å². The van der Waals surface area contributed by atoms with E-state index < -0.39 is 34.4 Å². The molecule has 1 aliphatic carbocycles. The molecule has 1 amide bonds. The number of fused-ring (bicyclic) bond motifs is 1. The Morgan fingerprint density at radius 2 is 1.96 bits per heavy atom. The fourth-order valence-electron chi connectivity index (χ4n) is 2.97. The second kappa shape index (κ2) is 7.29. The van der Waals surface area contributed by atoms with Gasteiger partial charge in [0.1, 0.15) is 11.3 Å².